The summed E-state index contributed by atoms with van der Waals surface area (Å²) in [6.45, 7) is 3.76. The molecule has 4 rings (SSSR count). The van der Waals surface area contributed by atoms with Crippen LogP contribution >= 0.6 is 11.3 Å². The number of benzene rings is 2. The largest absolute Gasteiger partial charge is 0.371 e. The molecule has 0 unspecified atom stereocenters. The lowest BCUT2D eigenvalue weighted by molar-refractivity contribution is -0.122. The Morgan fingerprint density at radius 3 is 2.41 bits per heavy atom. The first-order valence-corrected chi connectivity index (χ1v) is 11.9. The van der Waals surface area contributed by atoms with Gasteiger partial charge in [0.15, 0.2) is 0 Å². The van der Waals surface area contributed by atoms with Crippen molar-refractivity contribution in [3.8, 4) is 10.6 Å². The molecule has 3 aromatic rings. The van der Waals surface area contributed by atoms with E-state index in [1.807, 2.05) is 29.6 Å². The van der Waals surface area contributed by atoms with Crippen LogP contribution in [-0.4, -0.2) is 29.9 Å². The maximum atomic E-state index is 12.5. The molecule has 0 saturated carbocycles. The number of aryl methyl sites for hydroxylation is 1. The van der Waals surface area contributed by atoms with Crippen molar-refractivity contribution in [3.05, 3.63) is 65.2 Å². The summed E-state index contributed by atoms with van der Waals surface area (Å²) >= 11 is 1.56. The topological polar surface area (TPSA) is 88.3 Å². The maximum absolute atomic E-state index is 12.5. The van der Waals surface area contributed by atoms with Gasteiger partial charge >= 0.3 is 0 Å². The molecule has 0 bridgehead atoms. The van der Waals surface area contributed by atoms with Gasteiger partial charge in [0.25, 0.3) is 0 Å². The van der Waals surface area contributed by atoms with Gasteiger partial charge in [0.05, 0.1) is 12.1 Å². The molecule has 1 aliphatic heterocycles. The van der Waals surface area contributed by atoms with Gasteiger partial charge < -0.3 is 16.0 Å². The molecule has 1 aliphatic rings. The van der Waals surface area contributed by atoms with E-state index in [0.29, 0.717) is 0 Å². The molecule has 0 spiro atoms. The van der Waals surface area contributed by atoms with Crippen LogP contribution in [0.4, 0.5) is 11.4 Å². The van der Waals surface area contributed by atoms with E-state index >= 15 is 0 Å². The predicted octanol–water partition coefficient (Wildman–Crippen LogP) is 4.26. The molecule has 1 fully saturated rings. The lowest BCUT2D eigenvalue weighted by Gasteiger charge is -2.32. The lowest BCUT2D eigenvalue weighted by Crippen LogP contribution is -2.38. The summed E-state index contributed by atoms with van der Waals surface area (Å²) < 4.78 is 0. The first-order chi connectivity index (χ1) is 15.5. The third-order valence-corrected chi connectivity index (χ3v) is 6.86. The van der Waals surface area contributed by atoms with Gasteiger partial charge in [-0.2, -0.15) is 0 Å². The fourth-order valence-electron chi connectivity index (χ4n) is 3.95. The number of thiazole rings is 1. The highest BCUT2D eigenvalue weighted by Gasteiger charge is 2.23. The van der Waals surface area contributed by atoms with Crippen LogP contribution in [0.15, 0.2) is 53.9 Å². The molecule has 6 nitrogen and oxygen atoms in total. The Kier molecular flexibility index (Phi) is 6.85. The fourth-order valence-corrected chi connectivity index (χ4v) is 4.78. The summed E-state index contributed by atoms with van der Waals surface area (Å²) in [5, 5.41) is 5.83. The molecule has 32 heavy (non-hydrogen) atoms. The van der Waals surface area contributed by atoms with Gasteiger partial charge in [-0.15, -0.1) is 11.3 Å². The number of aromatic nitrogens is 1. The van der Waals surface area contributed by atoms with Crippen molar-refractivity contribution in [2.45, 2.75) is 32.6 Å². The zero-order valence-corrected chi connectivity index (χ0v) is 19.0. The second-order valence-corrected chi connectivity index (χ2v) is 8.99. The van der Waals surface area contributed by atoms with Crippen LogP contribution < -0.4 is 16.0 Å². The fraction of sp³-hybridized carbons (Fsp3) is 0.320. The molecule has 166 valence electrons. The SMILES string of the molecule is CCc1ccc(-c2nc(CC(=O)Nc3ccc(N4CCC(C(N)=O)CC4)cc3)cs2)cc1. The van der Waals surface area contributed by atoms with Crippen molar-refractivity contribution in [1.29, 1.82) is 0 Å². The van der Waals surface area contributed by atoms with E-state index in [1.54, 1.807) is 11.3 Å². The van der Waals surface area contributed by atoms with E-state index in [2.05, 4.69) is 46.4 Å². The smallest absolute Gasteiger partial charge is 0.230 e. The molecule has 0 atom stereocenters. The molecule has 0 aliphatic carbocycles. The van der Waals surface area contributed by atoms with Crippen molar-refractivity contribution < 1.29 is 9.59 Å². The van der Waals surface area contributed by atoms with Gasteiger partial charge in [-0.3, -0.25) is 9.59 Å². The van der Waals surface area contributed by atoms with E-state index in [4.69, 9.17) is 5.73 Å². The number of nitrogens with zero attached hydrogens (tertiary/aromatic N) is 2. The van der Waals surface area contributed by atoms with Crippen LogP contribution in [0.5, 0.6) is 0 Å². The highest BCUT2D eigenvalue weighted by Crippen LogP contribution is 2.26. The third-order valence-electron chi connectivity index (χ3n) is 5.92. The van der Waals surface area contributed by atoms with E-state index < -0.39 is 0 Å². The molecule has 3 N–H and O–H groups in total. The highest BCUT2D eigenvalue weighted by molar-refractivity contribution is 7.13. The van der Waals surface area contributed by atoms with Gasteiger partial charge in [-0.05, 0) is 49.1 Å². The summed E-state index contributed by atoms with van der Waals surface area (Å²) in [7, 11) is 0. The number of nitrogens with one attached hydrogen (secondary N) is 1. The van der Waals surface area contributed by atoms with Crippen molar-refractivity contribution in [3.63, 3.8) is 0 Å². The van der Waals surface area contributed by atoms with Gasteiger partial charge in [0.1, 0.15) is 5.01 Å². The minimum absolute atomic E-state index is 0.0215. The van der Waals surface area contributed by atoms with Crippen molar-refractivity contribution >= 4 is 34.5 Å². The highest BCUT2D eigenvalue weighted by atomic mass is 32.1. The molecule has 2 heterocycles. The summed E-state index contributed by atoms with van der Waals surface area (Å²) in [5.74, 6) is -0.311. The Balaban J connectivity index is 1.31. The molecule has 2 amide bonds. The summed E-state index contributed by atoms with van der Waals surface area (Å²) in [4.78, 5) is 30.7. The van der Waals surface area contributed by atoms with Gasteiger partial charge in [-0.1, -0.05) is 31.2 Å². The zero-order valence-electron chi connectivity index (χ0n) is 18.2. The number of rotatable bonds is 7. The van der Waals surface area contributed by atoms with Gasteiger partial charge in [0.2, 0.25) is 11.8 Å². The normalized spacial score (nSPS) is 14.3. The van der Waals surface area contributed by atoms with Crippen LogP contribution in [0, 0.1) is 5.92 Å². The van der Waals surface area contributed by atoms with E-state index in [0.717, 1.165) is 60.0 Å². The summed E-state index contributed by atoms with van der Waals surface area (Å²) in [6, 6.07) is 16.2. The predicted molar refractivity (Wildman–Crippen MR) is 130 cm³/mol. The zero-order chi connectivity index (χ0) is 22.5. The molecule has 1 saturated heterocycles. The number of carbonyl (C=O) groups is 2. The van der Waals surface area contributed by atoms with Gasteiger partial charge in [-0.25, -0.2) is 4.98 Å². The first kappa shape index (κ1) is 22.0. The summed E-state index contributed by atoms with van der Waals surface area (Å²) in [5.41, 5.74) is 10.4. The van der Waals surface area contributed by atoms with Crippen molar-refractivity contribution in [2.24, 2.45) is 11.7 Å². The number of hydrogen-bond donors (Lipinski definition) is 2. The third kappa shape index (κ3) is 5.34. The van der Waals surface area contributed by atoms with Crippen LogP contribution in [0.2, 0.25) is 0 Å². The van der Waals surface area contributed by atoms with Crippen LogP contribution in [-0.2, 0) is 22.4 Å². The number of anilines is 2. The number of carbonyl (C=O) groups excluding carboxylic acids is 2. The first-order valence-electron chi connectivity index (χ1n) is 11.0. The van der Waals surface area contributed by atoms with Crippen molar-refractivity contribution in [2.75, 3.05) is 23.3 Å². The molecule has 0 radical (unpaired) electrons. The van der Waals surface area contributed by atoms with Crippen LogP contribution in [0.3, 0.4) is 0 Å². The van der Waals surface area contributed by atoms with E-state index in [9.17, 15) is 9.59 Å². The van der Waals surface area contributed by atoms with Crippen LogP contribution in [0.1, 0.15) is 31.0 Å². The molecular formula is C25H28N4O2S. The van der Waals surface area contributed by atoms with Crippen molar-refractivity contribution in [1.82, 2.24) is 4.98 Å². The standard InChI is InChI=1S/C25H28N4O2S/c1-2-17-3-5-19(6-4-17)25-28-21(16-32-25)15-23(30)27-20-7-9-22(10-8-20)29-13-11-18(12-14-29)24(26)31/h3-10,16,18H,2,11-15H2,1H3,(H2,26,31)(H,27,30). The van der Waals surface area contributed by atoms with E-state index in [1.165, 1.54) is 5.56 Å². The molecular weight excluding hydrogens is 420 g/mol. The number of nitrogens with two attached hydrogens (primary N) is 1. The molecule has 2 aromatic carbocycles. The lowest BCUT2D eigenvalue weighted by atomic mass is 9.96. The second kappa shape index (κ2) is 9.96. The Bertz CT molecular complexity index is 1070. The Labute approximate surface area is 192 Å². The molecule has 1 aromatic heterocycles. The average Bonchev–Trinajstić information content (AvgIpc) is 3.28. The minimum atomic E-state index is -0.204. The minimum Gasteiger partial charge on any atom is -0.371 e. The second-order valence-electron chi connectivity index (χ2n) is 8.13. The maximum Gasteiger partial charge on any atom is 0.230 e. The monoisotopic (exact) mass is 448 g/mol. The molecule has 7 heteroatoms. The Morgan fingerprint density at radius 1 is 1.09 bits per heavy atom. The number of amides is 2. The number of primary amides is 1. The van der Waals surface area contributed by atoms with E-state index in [-0.39, 0.29) is 24.2 Å². The quantitative estimate of drug-likeness (QED) is 0.565. The number of hydrogen-bond acceptors (Lipinski definition) is 5. The number of piperidine rings is 1. The Morgan fingerprint density at radius 2 is 1.78 bits per heavy atom. The van der Waals surface area contributed by atoms with Gasteiger partial charge in [0, 0.05) is 41.3 Å². The summed E-state index contributed by atoms with van der Waals surface area (Å²) in [6.07, 6.45) is 2.82. The Hall–Kier alpha value is -3.19. The van der Waals surface area contributed by atoms with Crippen LogP contribution in [0.25, 0.3) is 10.6 Å². The average molecular weight is 449 g/mol.